The molecule has 8 heteroatoms. The normalized spacial score (nSPS) is 21.2. The summed E-state index contributed by atoms with van der Waals surface area (Å²) in [5.41, 5.74) is 2.36. The van der Waals surface area contributed by atoms with Gasteiger partial charge in [0.1, 0.15) is 17.0 Å². The standard InChI is InChI=1S/C22H25BrN4O2S/c23-17-3-1-15(2-4-17)18-13-30-22-20(18)21(25-14-26-22)24-11-19(16-5-8-29-12-16)27-6-9-28-10-7-27/h1-4,13-14,16,19H,5-12H2,(H,24,25,26)/t16-,19-/m0/s1. The molecule has 2 atom stereocenters. The van der Waals surface area contributed by atoms with Gasteiger partial charge in [-0.2, -0.15) is 0 Å². The molecular formula is C22H25BrN4O2S. The van der Waals surface area contributed by atoms with Crippen molar-refractivity contribution in [2.75, 3.05) is 51.4 Å². The molecule has 2 aliphatic rings. The number of nitrogens with one attached hydrogen (secondary N) is 1. The number of ether oxygens (including phenoxy) is 2. The van der Waals surface area contributed by atoms with Crippen LogP contribution in [0.5, 0.6) is 0 Å². The number of halogens is 1. The molecule has 1 aromatic carbocycles. The Morgan fingerprint density at radius 2 is 1.97 bits per heavy atom. The minimum atomic E-state index is 0.413. The average molecular weight is 489 g/mol. The predicted octanol–water partition coefficient (Wildman–Crippen LogP) is 4.27. The van der Waals surface area contributed by atoms with Crippen molar-refractivity contribution < 1.29 is 9.47 Å². The summed E-state index contributed by atoms with van der Waals surface area (Å²) in [4.78, 5) is 12.7. The number of anilines is 1. The zero-order valence-corrected chi connectivity index (χ0v) is 19.1. The lowest BCUT2D eigenvalue weighted by atomic mass is 9.96. The number of fused-ring (bicyclic) bond motifs is 1. The molecule has 1 N–H and O–H groups in total. The van der Waals surface area contributed by atoms with Gasteiger partial charge in [0.2, 0.25) is 0 Å². The first-order valence-corrected chi connectivity index (χ1v) is 12.1. The van der Waals surface area contributed by atoms with Crippen molar-refractivity contribution in [2.24, 2.45) is 5.92 Å². The maximum atomic E-state index is 5.71. The van der Waals surface area contributed by atoms with Gasteiger partial charge in [0.15, 0.2) is 0 Å². The highest BCUT2D eigenvalue weighted by atomic mass is 79.9. The Balaban J connectivity index is 1.42. The smallest absolute Gasteiger partial charge is 0.138 e. The van der Waals surface area contributed by atoms with E-state index in [1.165, 1.54) is 11.1 Å². The molecule has 0 amide bonds. The molecule has 30 heavy (non-hydrogen) atoms. The van der Waals surface area contributed by atoms with Crippen molar-refractivity contribution in [3.63, 3.8) is 0 Å². The van der Waals surface area contributed by atoms with E-state index in [0.29, 0.717) is 12.0 Å². The highest BCUT2D eigenvalue weighted by Gasteiger charge is 2.31. The molecule has 5 rings (SSSR count). The SMILES string of the molecule is Brc1ccc(-c2csc3ncnc(NC[C@@H]([C@H]4CCOC4)N4CCOCC4)c23)cc1. The van der Waals surface area contributed by atoms with E-state index in [0.717, 1.165) is 73.0 Å². The summed E-state index contributed by atoms with van der Waals surface area (Å²) in [6.45, 7) is 6.11. The molecule has 4 heterocycles. The third-order valence-corrected chi connectivity index (χ3v) is 7.44. The van der Waals surface area contributed by atoms with Crippen molar-refractivity contribution in [1.29, 1.82) is 0 Å². The lowest BCUT2D eigenvalue weighted by Gasteiger charge is -2.37. The van der Waals surface area contributed by atoms with Crippen molar-refractivity contribution in [2.45, 2.75) is 12.5 Å². The highest BCUT2D eigenvalue weighted by Crippen LogP contribution is 2.37. The molecule has 0 bridgehead atoms. The van der Waals surface area contributed by atoms with Crippen LogP contribution in [0.25, 0.3) is 21.3 Å². The lowest BCUT2D eigenvalue weighted by molar-refractivity contribution is 0.00460. The van der Waals surface area contributed by atoms with E-state index in [-0.39, 0.29) is 0 Å². The molecule has 0 saturated carbocycles. The second-order valence-corrected chi connectivity index (χ2v) is 9.55. The van der Waals surface area contributed by atoms with E-state index in [9.17, 15) is 0 Å². The van der Waals surface area contributed by atoms with Gasteiger partial charge in [-0.15, -0.1) is 11.3 Å². The van der Waals surface area contributed by atoms with Crippen LogP contribution < -0.4 is 5.32 Å². The van der Waals surface area contributed by atoms with Crippen LogP contribution in [0.3, 0.4) is 0 Å². The third-order valence-electron chi connectivity index (χ3n) is 6.03. The van der Waals surface area contributed by atoms with Gasteiger partial charge in [-0.3, -0.25) is 4.90 Å². The van der Waals surface area contributed by atoms with E-state index < -0.39 is 0 Å². The summed E-state index contributed by atoms with van der Waals surface area (Å²) in [7, 11) is 0. The number of thiophene rings is 1. The molecule has 3 aromatic rings. The van der Waals surface area contributed by atoms with Crippen molar-refractivity contribution in [3.8, 4) is 11.1 Å². The van der Waals surface area contributed by atoms with Crippen LogP contribution in [-0.2, 0) is 9.47 Å². The monoisotopic (exact) mass is 488 g/mol. The molecule has 6 nitrogen and oxygen atoms in total. The summed E-state index contributed by atoms with van der Waals surface area (Å²) >= 11 is 5.19. The largest absolute Gasteiger partial charge is 0.381 e. The van der Waals surface area contributed by atoms with E-state index >= 15 is 0 Å². The molecule has 0 aliphatic carbocycles. The Morgan fingerprint density at radius 3 is 2.73 bits per heavy atom. The number of aromatic nitrogens is 2. The Hall–Kier alpha value is -1.58. The Kier molecular flexibility index (Phi) is 6.29. The maximum Gasteiger partial charge on any atom is 0.138 e. The highest BCUT2D eigenvalue weighted by molar-refractivity contribution is 9.10. The minimum absolute atomic E-state index is 0.413. The Labute approximate surface area is 188 Å². The molecule has 0 unspecified atom stereocenters. The van der Waals surface area contributed by atoms with Gasteiger partial charge in [0.25, 0.3) is 0 Å². The second kappa shape index (κ2) is 9.28. The molecule has 2 aromatic heterocycles. The topological polar surface area (TPSA) is 59.5 Å². The molecule has 2 fully saturated rings. The summed E-state index contributed by atoms with van der Waals surface area (Å²) in [6.07, 6.45) is 2.78. The van der Waals surface area contributed by atoms with E-state index in [4.69, 9.17) is 9.47 Å². The van der Waals surface area contributed by atoms with Gasteiger partial charge in [-0.05, 0) is 24.1 Å². The van der Waals surface area contributed by atoms with E-state index in [1.807, 2.05) is 0 Å². The van der Waals surface area contributed by atoms with Gasteiger partial charge in [0, 0.05) is 53.6 Å². The predicted molar refractivity (Wildman–Crippen MR) is 124 cm³/mol. The number of morpholine rings is 1. The molecule has 0 spiro atoms. The van der Waals surface area contributed by atoms with E-state index in [2.05, 4.69) is 65.8 Å². The Morgan fingerprint density at radius 1 is 1.13 bits per heavy atom. The second-order valence-electron chi connectivity index (χ2n) is 7.78. The van der Waals surface area contributed by atoms with Crippen LogP contribution >= 0.6 is 27.3 Å². The van der Waals surface area contributed by atoms with Crippen molar-refractivity contribution in [1.82, 2.24) is 14.9 Å². The first kappa shape index (κ1) is 20.3. The van der Waals surface area contributed by atoms with Crippen molar-refractivity contribution >= 4 is 43.3 Å². The third kappa shape index (κ3) is 4.24. The fraction of sp³-hybridized carbons (Fsp3) is 0.455. The molecular weight excluding hydrogens is 464 g/mol. The minimum Gasteiger partial charge on any atom is -0.381 e. The average Bonchev–Trinajstić information content (AvgIpc) is 3.46. The van der Waals surface area contributed by atoms with Gasteiger partial charge in [0.05, 0.1) is 25.2 Å². The summed E-state index contributed by atoms with van der Waals surface area (Å²) in [5.74, 6) is 1.46. The van der Waals surface area contributed by atoms with Crippen LogP contribution in [-0.4, -0.2) is 67.0 Å². The quantitative estimate of drug-likeness (QED) is 0.558. The summed E-state index contributed by atoms with van der Waals surface area (Å²) < 4.78 is 12.4. The van der Waals surface area contributed by atoms with Gasteiger partial charge >= 0.3 is 0 Å². The fourth-order valence-electron chi connectivity index (χ4n) is 4.41. The Bertz CT molecular complexity index is 984. The summed E-state index contributed by atoms with van der Waals surface area (Å²) in [5, 5.41) is 6.96. The van der Waals surface area contributed by atoms with Crippen LogP contribution in [0, 0.1) is 5.92 Å². The molecule has 0 radical (unpaired) electrons. The van der Waals surface area contributed by atoms with Crippen LogP contribution in [0.2, 0.25) is 0 Å². The first-order valence-electron chi connectivity index (χ1n) is 10.4. The number of hydrogen-bond acceptors (Lipinski definition) is 7. The van der Waals surface area contributed by atoms with Gasteiger partial charge in [-0.1, -0.05) is 28.1 Å². The number of nitrogens with zero attached hydrogens (tertiary/aromatic N) is 3. The zero-order valence-electron chi connectivity index (χ0n) is 16.7. The van der Waals surface area contributed by atoms with Gasteiger partial charge < -0.3 is 14.8 Å². The molecule has 2 aliphatic heterocycles. The number of benzene rings is 1. The zero-order chi connectivity index (χ0) is 20.3. The first-order chi connectivity index (χ1) is 14.8. The maximum absolute atomic E-state index is 5.71. The lowest BCUT2D eigenvalue weighted by Crippen LogP contribution is -2.50. The van der Waals surface area contributed by atoms with Crippen LogP contribution in [0.4, 0.5) is 5.82 Å². The van der Waals surface area contributed by atoms with E-state index in [1.54, 1.807) is 17.7 Å². The fourth-order valence-corrected chi connectivity index (χ4v) is 5.59. The van der Waals surface area contributed by atoms with Crippen LogP contribution in [0.1, 0.15) is 6.42 Å². The summed E-state index contributed by atoms with van der Waals surface area (Å²) in [6, 6.07) is 8.83. The number of hydrogen-bond donors (Lipinski definition) is 1. The van der Waals surface area contributed by atoms with Crippen LogP contribution in [0.15, 0.2) is 40.4 Å². The van der Waals surface area contributed by atoms with Crippen molar-refractivity contribution in [3.05, 3.63) is 40.4 Å². The van der Waals surface area contributed by atoms with Gasteiger partial charge in [-0.25, -0.2) is 9.97 Å². The number of rotatable bonds is 6. The molecule has 158 valence electrons. The molecule has 2 saturated heterocycles.